The zero-order chi connectivity index (χ0) is 22.0. The largest absolute Gasteiger partial charge is 0.375 e. The Balaban J connectivity index is 1.61. The van der Waals surface area contributed by atoms with Crippen LogP contribution in [0, 0.1) is 6.92 Å². The Labute approximate surface area is 181 Å². The highest BCUT2D eigenvalue weighted by Crippen LogP contribution is 2.30. The SMILES string of the molecule is COCC(=O)N1CCc2nc(C3CCCCN3C(=O)c3cccc(C)c3)[nH]c(=O)c2C1. The van der Waals surface area contributed by atoms with Gasteiger partial charge < -0.3 is 19.5 Å². The fraction of sp³-hybridized carbons (Fsp3) is 0.478. The van der Waals surface area contributed by atoms with Crippen molar-refractivity contribution in [1.82, 2.24) is 19.8 Å². The van der Waals surface area contributed by atoms with Crippen LogP contribution in [0.5, 0.6) is 0 Å². The molecule has 0 aliphatic carbocycles. The van der Waals surface area contributed by atoms with Crippen LogP contribution in [-0.4, -0.2) is 58.4 Å². The molecule has 31 heavy (non-hydrogen) atoms. The normalized spacial score (nSPS) is 18.6. The summed E-state index contributed by atoms with van der Waals surface area (Å²) in [6.07, 6.45) is 3.18. The van der Waals surface area contributed by atoms with E-state index in [9.17, 15) is 14.4 Å². The lowest BCUT2D eigenvalue weighted by molar-refractivity contribution is -0.136. The van der Waals surface area contributed by atoms with Crippen molar-refractivity contribution in [2.45, 2.75) is 45.2 Å². The zero-order valence-corrected chi connectivity index (χ0v) is 18.0. The van der Waals surface area contributed by atoms with Crippen molar-refractivity contribution in [3.8, 4) is 0 Å². The number of carbonyl (C=O) groups is 2. The first-order valence-corrected chi connectivity index (χ1v) is 10.7. The number of methoxy groups -OCH3 is 1. The molecule has 1 unspecified atom stereocenters. The Morgan fingerprint density at radius 3 is 2.87 bits per heavy atom. The van der Waals surface area contributed by atoms with Crippen LogP contribution in [0.4, 0.5) is 0 Å². The van der Waals surface area contributed by atoms with Gasteiger partial charge in [-0.25, -0.2) is 4.98 Å². The monoisotopic (exact) mass is 424 g/mol. The van der Waals surface area contributed by atoms with Crippen molar-refractivity contribution >= 4 is 11.8 Å². The summed E-state index contributed by atoms with van der Waals surface area (Å²) in [6, 6.07) is 7.32. The van der Waals surface area contributed by atoms with E-state index in [1.54, 1.807) is 4.90 Å². The summed E-state index contributed by atoms with van der Waals surface area (Å²) in [5.41, 5.74) is 2.69. The van der Waals surface area contributed by atoms with Gasteiger partial charge >= 0.3 is 0 Å². The molecule has 1 N–H and O–H groups in total. The van der Waals surface area contributed by atoms with E-state index in [-0.39, 0.29) is 36.6 Å². The fourth-order valence-electron chi connectivity index (χ4n) is 4.43. The molecule has 0 spiro atoms. The van der Waals surface area contributed by atoms with E-state index in [1.807, 2.05) is 36.1 Å². The van der Waals surface area contributed by atoms with Crippen LogP contribution in [0.15, 0.2) is 29.1 Å². The van der Waals surface area contributed by atoms with Crippen molar-refractivity contribution in [1.29, 1.82) is 0 Å². The molecule has 2 aliphatic rings. The highest BCUT2D eigenvalue weighted by molar-refractivity contribution is 5.94. The topological polar surface area (TPSA) is 95.6 Å². The van der Waals surface area contributed by atoms with Gasteiger partial charge in [0.1, 0.15) is 12.4 Å². The molecule has 0 radical (unpaired) electrons. The smallest absolute Gasteiger partial charge is 0.256 e. The Kier molecular flexibility index (Phi) is 6.18. The minimum atomic E-state index is -0.257. The second-order valence-corrected chi connectivity index (χ2v) is 8.25. The molecule has 1 aromatic carbocycles. The van der Waals surface area contributed by atoms with Crippen molar-refractivity contribution in [3.63, 3.8) is 0 Å². The van der Waals surface area contributed by atoms with Crippen LogP contribution in [-0.2, 0) is 22.5 Å². The van der Waals surface area contributed by atoms with Crippen LogP contribution in [0.1, 0.15) is 58.3 Å². The van der Waals surface area contributed by atoms with E-state index in [4.69, 9.17) is 9.72 Å². The molecule has 164 valence electrons. The molecule has 1 atom stereocenters. The van der Waals surface area contributed by atoms with Crippen molar-refractivity contribution in [3.05, 3.63) is 62.8 Å². The Morgan fingerprint density at radius 2 is 2.10 bits per heavy atom. The highest BCUT2D eigenvalue weighted by atomic mass is 16.5. The summed E-state index contributed by atoms with van der Waals surface area (Å²) in [4.78, 5) is 49.4. The molecule has 2 amide bonds. The van der Waals surface area contributed by atoms with E-state index < -0.39 is 0 Å². The molecule has 2 aliphatic heterocycles. The highest BCUT2D eigenvalue weighted by Gasteiger charge is 2.32. The van der Waals surface area contributed by atoms with Crippen molar-refractivity contribution < 1.29 is 14.3 Å². The van der Waals surface area contributed by atoms with Crippen molar-refractivity contribution in [2.24, 2.45) is 0 Å². The van der Waals surface area contributed by atoms with Gasteiger partial charge in [-0.1, -0.05) is 17.7 Å². The van der Waals surface area contributed by atoms with Crippen LogP contribution in [0.25, 0.3) is 0 Å². The third-order valence-corrected chi connectivity index (χ3v) is 6.05. The number of carbonyl (C=O) groups excluding carboxylic acids is 2. The molecule has 2 aromatic rings. The van der Waals surface area contributed by atoms with Gasteiger partial charge in [0.25, 0.3) is 11.5 Å². The summed E-state index contributed by atoms with van der Waals surface area (Å²) < 4.78 is 4.92. The van der Waals surface area contributed by atoms with Gasteiger partial charge in [0.2, 0.25) is 5.91 Å². The average Bonchev–Trinajstić information content (AvgIpc) is 2.78. The number of aromatic amines is 1. The Hall–Kier alpha value is -3.00. The van der Waals surface area contributed by atoms with Crippen LogP contribution in [0.2, 0.25) is 0 Å². The molecular formula is C23H28N4O4. The van der Waals surface area contributed by atoms with Gasteiger partial charge in [0.15, 0.2) is 0 Å². The molecule has 1 saturated heterocycles. The lowest BCUT2D eigenvalue weighted by Crippen LogP contribution is -2.43. The average molecular weight is 425 g/mol. The number of amides is 2. The van der Waals surface area contributed by atoms with Gasteiger partial charge in [-0.05, 0) is 38.3 Å². The number of benzene rings is 1. The summed E-state index contributed by atoms with van der Waals surface area (Å²) in [5.74, 6) is 0.366. The first-order valence-electron chi connectivity index (χ1n) is 10.7. The minimum Gasteiger partial charge on any atom is -0.375 e. The van der Waals surface area contributed by atoms with Gasteiger partial charge in [-0.15, -0.1) is 0 Å². The molecule has 8 nitrogen and oxygen atoms in total. The van der Waals surface area contributed by atoms with Gasteiger partial charge in [-0.2, -0.15) is 0 Å². The summed E-state index contributed by atoms with van der Waals surface area (Å²) >= 11 is 0. The number of rotatable bonds is 4. The number of fused-ring (bicyclic) bond motifs is 1. The van der Waals surface area contributed by atoms with Crippen LogP contribution >= 0.6 is 0 Å². The molecule has 1 fully saturated rings. The number of hydrogen-bond donors (Lipinski definition) is 1. The second kappa shape index (κ2) is 9.01. The lowest BCUT2D eigenvalue weighted by Gasteiger charge is -2.36. The molecule has 3 heterocycles. The van der Waals surface area contributed by atoms with Gasteiger partial charge in [0, 0.05) is 32.2 Å². The maximum absolute atomic E-state index is 13.2. The Morgan fingerprint density at radius 1 is 1.26 bits per heavy atom. The maximum Gasteiger partial charge on any atom is 0.256 e. The number of nitrogens with one attached hydrogen (secondary N) is 1. The summed E-state index contributed by atoms with van der Waals surface area (Å²) in [6.45, 7) is 3.33. The van der Waals surface area contributed by atoms with E-state index >= 15 is 0 Å². The first-order chi connectivity index (χ1) is 15.0. The first kappa shape index (κ1) is 21.2. The third-order valence-electron chi connectivity index (χ3n) is 6.05. The van der Waals surface area contributed by atoms with Crippen LogP contribution < -0.4 is 5.56 Å². The number of piperidine rings is 1. The number of aromatic nitrogens is 2. The van der Waals surface area contributed by atoms with Gasteiger partial charge in [-0.3, -0.25) is 14.4 Å². The number of likely N-dealkylation sites (tertiary alicyclic amines) is 1. The van der Waals surface area contributed by atoms with Crippen molar-refractivity contribution in [2.75, 3.05) is 26.8 Å². The number of H-pyrrole nitrogens is 1. The van der Waals surface area contributed by atoms with E-state index in [2.05, 4.69) is 4.98 Å². The quantitative estimate of drug-likeness (QED) is 0.810. The molecule has 1 aromatic heterocycles. The maximum atomic E-state index is 13.2. The molecule has 8 heteroatoms. The minimum absolute atomic E-state index is 0.00312. The summed E-state index contributed by atoms with van der Waals surface area (Å²) in [7, 11) is 1.48. The number of nitrogens with zero attached hydrogens (tertiary/aromatic N) is 3. The summed E-state index contributed by atoms with van der Waals surface area (Å²) in [5, 5.41) is 0. The lowest BCUT2D eigenvalue weighted by atomic mass is 9.98. The number of aryl methyl sites for hydroxylation is 1. The van der Waals surface area contributed by atoms with E-state index in [0.29, 0.717) is 42.2 Å². The molecule has 4 rings (SSSR count). The van der Waals surface area contributed by atoms with Gasteiger partial charge in [0.05, 0.1) is 23.8 Å². The molecular weight excluding hydrogens is 396 g/mol. The second-order valence-electron chi connectivity index (χ2n) is 8.25. The third kappa shape index (κ3) is 4.39. The predicted molar refractivity (Wildman–Crippen MR) is 115 cm³/mol. The van der Waals surface area contributed by atoms with Crippen LogP contribution in [0.3, 0.4) is 0 Å². The zero-order valence-electron chi connectivity index (χ0n) is 18.0. The predicted octanol–water partition coefficient (Wildman–Crippen LogP) is 1.98. The number of hydrogen-bond acceptors (Lipinski definition) is 5. The standard InChI is InChI=1S/C23H28N4O4/c1-15-6-5-7-16(12-15)23(30)27-10-4-3-8-19(27)21-24-18-9-11-26(20(28)14-31-2)13-17(18)22(29)25-21/h5-7,12,19H,3-4,8-11,13-14H2,1-2H3,(H,24,25,29). The molecule has 0 bridgehead atoms. The number of ether oxygens (including phenoxy) is 1. The molecule has 0 saturated carbocycles. The fourth-order valence-corrected chi connectivity index (χ4v) is 4.43. The van der Waals surface area contributed by atoms with E-state index in [0.717, 1.165) is 24.8 Å². The van der Waals surface area contributed by atoms with E-state index in [1.165, 1.54) is 7.11 Å². The Bertz CT molecular complexity index is 1050.